The first-order valence-electron chi connectivity index (χ1n) is 9.57. The summed E-state index contributed by atoms with van der Waals surface area (Å²) in [5, 5.41) is 6.13. The first-order chi connectivity index (χ1) is 14.4. The minimum absolute atomic E-state index is 0.191. The predicted octanol–water partition coefficient (Wildman–Crippen LogP) is 3.54. The van der Waals surface area contributed by atoms with Crippen molar-refractivity contribution < 1.29 is 18.0 Å². The molecule has 4 rings (SSSR count). The number of anilines is 3. The van der Waals surface area contributed by atoms with E-state index in [0.717, 1.165) is 31.5 Å². The van der Waals surface area contributed by atoms with Gasteiger partial charge >= 0.3 is 6.18 Å². The van der Waals surface area contributed by atoms with E-state index in [1.54, 1.807) is 0 Å². The van der Waals surface area contributed by atoms with E-state index in [9.17, 15) is 18.0 Å². The topological polar surface area (TPSA) is 98.8 Å². The third-order valence-electron chi connectivity index (χ3n) is 4.82. The number of carbonyl (C=O) groups excluding carboxylic acids is 1. The molecule has 0 bridgehead atoms. The van der Waals surface area contributed by atoms with Crippen LogP contribution in [-0.2, 0) is 11.0 Å². The van der Waals surface area contributed by atoms with Crippen LogP contribution in [0, 0.1) is 0 Å². The Hall–Kier alpha value is -3.37. The van der Waals surface area contributed by atoms with E-state index in [-0.39, 0.29) is 11.9 Å². The number of carbonyl (C=O) groups is 1. The fourth-order valence-electron chi connectivity index (χ4n) is 3.31. The standard InChI is InChI=1S/C19H20F3N7O/c20-19(21,22)12-4-6-13(7-5-12)26-18-27-16(15-17(28-18)25-11-24-15)23-8-2-10-29-9-1-3-14(29)30/h4-7,11H,1-3,8-10H2,(H3,23,24,25,26,27,28). The molecule has 3 aromatic rings. The summed E-state index contributed by atoms with van der Waals surface area (Å²) in [6.07, 6.45) is -0.610. The van der Waals surface area contributed by atoms with Crippen molar-refractivity contribution >= 4 is 34.5 Å². The molecule has 1 fully saturated rings. The monoisotopic (exact) mass is 419 g/mol. The Morgan fingerprint density at radius 2 is 1.97 bits per heavy atom. The highest BCUT2D eigenvalue weighted by Crippen LogP contribution is 2.30. The Morgan fingerprint density at radius 1 is 1.17 bits per heavy atom. The van der Waals surface area contributed by atoms with Crippen LogP contribution in [0.15, 0.2) is 30.6 Å². The van der Waals surface area contributed by atoms with Gasteiger partial charge in [0.1, 0.15) is 5.52 Å². The smallest absolute Gasteiger partial charge is 0.368 e. The zero-order chi connectivity index (χ0) is 21.1. The Morgan fingerprint density at radius 3 is 2.67 bits per heavy atom. The molecule has 3 N–H and O–H groups in total. The summed E-state index contributed by atoms with van der Waals surface area (Å²) in [5.74, 6) is 0.933. The Kier molecular flexibility index (Phi) is 5.42. The molecule has 1 amide bonds. The van der Waals surface area contributed by atoms with Gasteiger partial charge < -0.3 is 20.5 Å². The number of benzene rings is 1. The largest absolute Gasteiger partial charge is 0.416 e. The second kappa shape index (κ2) is 8.17. The maximum absolute atomic E-state index is 12.7. The van der Waals surface area contributed by atoms with Gasteiger partial charge in [-0.25, -0.2) is 4.98 Å². The van der Waals surface area contributed by atoms with Gasteiger partial charge in [0.05, 0.1) is 11.9 Å². The number of hydrogen-bond donors (Lipinski definition) is 3. The number of alkyl halides is 3. The van der Waals surface area contributed by atoms with Gasteiger partial charge in [0.25, 0.3) is 0 Å². The van der Waals surface area contributed by atoms with Gasteiger partial charge in [-0.1, -0.05) is 0 Å². The van der Waals surface area contributed by atoms with E-state index in [1.807, 2.05) is 4.90 Å². The third kappa shape index (κ3) is 4.44. The number of amides is 1. The molecule has 1 aliphatic heterocycles. The zero-order valence-corrected chi connectivity index (χ0v) is 16.0. The Balaban J connectivity index is 1.43. The molecule has 0 atom stereocenters. The van der Waals surface area contributed by atoms with E-state index in [1.165, 1.54) is 18.5 Å². The van der Waals surface area contributed by atoms with Crippen LogP contribution in [0.2, 0.25) is 0 Å². The highest BCUT2D eigenvalue weighted by Gasteiger charge is 2.30. The van der Waals surface area contributed by atoms with Crippen LogP contribution in [0.1, 0.15) is 24.8 Å². The summed E-state index contributed by atoms with van der Waals surface area (Å²) < 4.78 is 38.2. The number of hydrogen-bond acceptors (Lipinski definition) is 6. The minimum Gasteiger partial charge on any atom is -0.368 e. The molecule has 0 saturated carbocycles. The molecular formula is C19H20F3N7O. The van der Waals surface area contributed by atoms with Crippen molar-refractivity contribution in [1.29, 1.82) is 0 Å². The molecule has 30 heavy (non-hydrogen) atoms. The maximum atomic E-state index is 12.7. The summed E-state index contributed by atoms with van der Waals surface area (Å²) in [5.41, 5.74) is 0.758. The number of nitrogens with zero attached hydrogens (tertiary/aromatic N) is 4. The lowest BCUT2D eigenvalue weighted by molar-refractivity contribution is -0.137. The number of fused-ring (bicyclic) bond motifs is 1. The first-order valence-corrected chi connectivity index (χ1v) is 9.57. The molecule has 0 aliphatic carbocycles. The van der Waals surface area contributed by atoms with Gasteiger partial charge in [0, 0.05) is 31.7 Å². The molecule has 11 heteroatoms. The van der Waals surface area contributed by atoms with Crippen molar-refractivity contribution in [2.75, 3.05) is 30.3 Å². The number of H-pyrrole nitrogens is 1. The number of aromatic amines is 1. The van der Waals surface area contributed by atoms with Gasteiger partial charge in [0.15, 0.2) is 11.5 Å². The molecule has 0 unspecified atom stereocenters. The van der Waals surface area contributed by atoms with Crippen molar-refractivity contribution in [1.82, 2.24) is 24.8 Å². The molecule has 0 spiro atoms. The first kappa shape index (κ1) is 19.9. The highest BCUT2D eigenvalue weighted by atomic mass is 19.4. The second-order valence-corrected chi connectivity index (χ2v) is 6.96. The predicted molar refractivity (Wildman–Crippen MR) is 105 cm³/mol. The quantitative estimate of drug-likeness (QED) is 0.507. The number of halogens is 3. The second-order valence-electron chi connectivity index (χ2n) is 6.96. The summed E-state index contributed by atoms with van der Waals surface area (Å²) in [6, 6.07) is 4.63. The van der Waals surface area contributed by atoms with Crippen molar-refractivity contribution in [2.45, 2.75) is 25.4 Å². The van der Waals surface area contributed by atoms with Crippen LogP contribution in [0.25, 0.3) is 11.2 Å². The van der Waals surface area contributed by atoms with Gasteiger partial charge in [-0.2, -0.15) is 23.1 Å². The summed E-state index contributed by atoms with van der Waals surface area (Å²) in [4.78, 5) is 29.3. The molecule has 1 aromatic carbocycles. The van der Waals surface area contributed by atoms with E-state index in [0.29, 0.717) is 42.2 Å². The highest BCUT2D eigenvalue weighted by molar-refractivity contribution is 5.84. The van der Waals surface area contributed by atoms with Gasteiger partial charge in [-0.3, -0.25) is 4.79 Å². The van der Waals surface area contributed by atoms with Crippen molar-refractivity contribution in [3.05, 3.63) is 36.2 Å². The van der Waals surface area contributed by atoms with Crippen LogP contribution in [-0.4, -0.2) is 50.4 Å². The summed E-state index contributed by atoms with van der Waals surface area (Å²) in [6.45, 7) is 2.08. The lowest BCUT2D eigenvalue weighted by atomic mass is 10.2. The number of nitrogens with one attached hydrogen (secondary N) is 3. The lowest BCUT2D eigenvalue weighted by Gasteiger charge is -2.15. The van der Waals surface area contributed by atoms with Crippen LogP contribution in [0.5, 0.6) is 0 Å². The van der Waals surface area contributed by atoms with Gasteiger partial charge in [-0.15, -0.1) is 0 Å². The molecule has 158 valence electrons. The average molecular weight is 419 g/mol. The normalized spacial score (nSPS) is 14.5. The summed E-state index contributed by atoms with van der Waals surface area (Å²) >= 11 is 0. The fraction of sp³-hybridized carbons (Fsp3) is 0.368. The van der Waals surface area contributed by atoms with Crippen molar-refractivity contribution in [2.24, 2.45) is 0 Å². The Bertz CT molecular complexity index is 1030. The van der Waals surface area contributed by atoms with Crippen LogP contribution in [0.3, 0.4) is 0 Å². The molecule has 0 radical (unpaired) electrons. The van der Waals surface area contributed by atoms with E-state index >= 15 is 0 Å². The molecule has 1 saturated heterocycles. The third-order valence-corrected chi connectivity index (χ3v) is 4.82. The number of imidazole rings is 1. The van der Waals surface area contributed by atoms with E-state index in [2.05, 4.69) is 30.6 Å². The fourth-order valence-corrected chi connectivity index (χ4v) is 3.31. The Labute approximate surface area is 169 Å². The molecule has 3 heterocycles. The van der Waals surface area contributed by atoms with Crippen LogP contribution in [0.4, 0.5) is 30.6 Å². The molecule has 2 aromatic heterocycles. The zero-order valence-electron chi connectivity index (χ0n) is 16.0. The van der Waals surface area contributed by atoms with Crippen LogP contribution >= 0.6 is 0 Å². The van der Waals surface area contributed by atoms with Gasteiger partial charge in [0.2, 0.25) is 11.9 Å². The maximum Gasteiger partial charge on any atom is 0.416 e. The van der Waals surface area contributed by atoms with Crippen molar-refractivity contribution in [3.63, 3.8) is 0 Å². The molecule has 1 aliphatic rings. The lowest BCUT2D eigenvalue weighted by Crippen LogP contribution is -2.27. The molecular weight excluding hydrogens is 399 g/mol. The van der Waals surface area contributed by atoms with E-state index in [4.69, 9.17) is 0 Å². The summed E-state index contributed by atoms with van der Waals surface area (Å²) in [7, 11) is 0. The SMILES string of the molecule is O=C1CCCN1CCCNc1nc(Nc2ccc(C(F)(F)F)cc2)nc2nc[nH]c12. The minimum atomic E-state index is -4.39. The average Bonchev–Trinajstić information content (AvgIpc) is 3.34. The number of rotatable bonds is 7. The van der Waals surface area contributed by atoms with Crippen LogP contribution < -0.4 is 10.6 Å². The van der Waals surface area contributed by atoms with E-state index < -0.39 is 11.7 Å². The number of aromatic nitrogens is 4. The van der Waals surface area contributed by atoms with Gasteiger partial charge in [-0.05, 0) is 37.1 Å². The number of likely N-dealkylation sites (tertiary alicyclic amines) is 1. The van der Waals surface area contributed by atoms with Crippen molar-refractivity contribution in [3.8, 4) is 0 Å². The molecule has 8 nitrogen and oxygen atoms in total.